The molecule has 7 nitrogen and oxygen atoms in total. The Morgan fingerprint density at radius 1 is 1.08 bits per heavy atom. The van der Waals surface area contributed by atoms with Crippen LogP contribution in [-0.4, -0.2) is 68.9 Å². The fourth-order valence-electron chi connectivity index (χ4n) is 2.80. The van der Waals surface area contributed by atoms with Crippen LogP contribution in [0.4, 0.5) is 0 Å². The lowest BCUT2D eigenvalue weighted by Crippen LogP contribution is -2.55. The molecule has 0 bridgehead atoms. The third-order valence-electron chi connectivity index (χ3n) is 4.33. The van der Waals surface area contributed by atoms with E-state index in [4.69, 9.17) is 4.74 Å². The van der Waals surface area contributed by atoms with E-state index in [1.807, 2.05) is 25.7 Å². The molecule has 8 heteroatoms. The lowest BCUT2D eigenvalue weighted by Gasteiger charge is -2.37. The number of rotatable bonds is 6. The summed E-state index contributed by atoms with van der Waals surface area (Å²) in [7, 11) is -1.98. The summed E-state index contributed by atoms with van der Waals surface area (Å²) in [6.07, 6.45) is 0. The molecule has 1 aromatic rings. The van der Waals surface area contributed by atoms with E-state index in [9.17, 15) is 13.2 Å². The van der Waals surface area contributed by atoms with Gasteiger partial charge < -0.3 is 10.1 Å². The Kier molecular flexibility index (Phi) is 6.42. The molecule has 140 valence electrons. The van der Waals surface area contributed by atoms with Gasteiger partial charge in [-0.2, -0.15) is 4.31 Å². The zero-order chi connectivity index (χ0) is 18.6. The molecule has 1 atom stereocenters. The van der Waals surface area contributed by atoms with Crippen molar-refractivity contribution in [2.45, 2.75) is 37.8 Å². The number of sulfonamides is 1. The summed E-state index contributed by atoms with van der Waals surface area (Å²) in [6, 6.07) is 6.21. The number of nitrogens with one attached hydrogen (secondary N) is 1. The van der Waals surface area contributed by atoms with Gasteiger partial charge in [0.1, 0.15) is 5.75 Å². The fourth-order valence-corrected chi connectivity index (χ4v) is 4.22. The van der Waals surface area contributed by atoms with Crippen LogP contribution in [0.5, 0.6) is 5.75 Å². The maximum Gasteiger partial charge on any atom is 0.243 e. The summed E-state index contributed by atoms with van der Waals surface area (Å²) in [6.45, 7) is 7.49. The molecule has 1 amide bonds. The van der Waals surface area contributed by atoms with Crippen molar-refractivity contribution in [2.75, 3.05) is 33.3 Å². The van der Waals surface area contributed by atoms with Gasteiger partial charge in [-0.05, 0) is 45.0 Å². The van der Waals surface area contributed by atoms with Crippen LogP contribution in [0.25, 0.3) is 0 Å². The van der Waals surface area contributed by atoms with Gasteiger partial charge in [0.2, 0.25) is 15.9 Å². The fraction of sp³-hybridized carbons (Fsp3) is 0.588. The Balaban J connectivity index is 1.99. The van der Waals surface area contributed by atoms with Gasteiger partial charge in [0, 0.05) is 32.2 Å². The second-order valence-corrected chi connectivity index (χ2v) is 8.39. The van der Waals surface area contributed by atoms with Gasteiger partial charge >= 0.3 is 0 Å². The van der Waals surface area contributed by atoms with Crippen LogP contribution >= 0.6 is 0 Å². The molecule has 1 aromatic carbocycles. The minimum absolute atomic E-state index is 0.0264. The van der Waals surface area contributed by atoms with Crippen molar-refractivity contribution < 1.29 is 17.9 Å². The zero-order valence-electron chi connectivity index (χ0n) is 15.2. The number of amides is 1. The van der Waals surface area contributed by atoms with E-state index in [0.29, 0.717) is 31.9 Å². The minimum Gasteiger partial charge on any atom is -0.497 e. The Hall–Kier alpha value is -1.64. The minimum atomic E-state index is -3.52. The molecule has 0 aromatic heterocycles. The van der Waals surface area contributed by atoms with Crippen molar-refractivity contribution in [1.82, 2.24) is 14.5 Å². The smallest absolute Gasteiger partial charge is 0.243 e. The van der Waals surface area contributed by atoms with E-state index in [1.54, 1.807) is 31.4 Å². The molecule has 0 unspecified atom stereocenters. The number of methoxy groups -OCH3 is 1. The highest BCUT2D eigenvalue weighted by atomic mass is 32.2. The van der Waals surface area contributed by atoms with Gasteiger partial charge in [-0.3, -0.25) is 9.69 Å². The third kappa shape index (κ3) is 4.71. The highest BCUT2D eigenvalue weighted by Gasteiger charge is 2.31. The molecule has 0 radical (unpaired) electrons. The van der Waals surface area contributed by atoms with E-state index in [0.717, 1.165) is 0 Å². The molecule has 1 aliphatic heterocycles. The van der Waals surface area contributed by atoms with E-state index >= 15 is 0 Å². The van der Waals surface area contributed by atoms with E-state index in [-0.39, 0.29) is 22.9 Å². The second-order valence-electron chi connectivity index (χ2n) is 6.45. The molecule has 2 rings (SSSR count). The van der Waals surface area contributed by atoms with E-state index in [2.05, 4.69) is 5.32 Å². The molecule has 1 heterocycles. The monoisotopic (exact) mass is 369 g/mol. The largest absolute Gasteiger partial charge is 0.497 e. The summed E-state index contributed by atoms with van der Waals surface area (Å²) < 4.78 is 32.0. The van der Waals surface area contributed by atoms with Crippen LogP contribution in [0, 0.1) is 0 Å². The first-order valence-electron chi connectivity index (χ1n) is 8.44. The third-order valence-corrected chi connectivity index (χ3v) is 6.24. The number of carbonyl (C=O) groups excluding carboxylic acids is 1. The first-order valence-corrected chi connectivity index (χ1v) is 9.88. The summed E-state index contributed by atoms with van der Waals surface area (Å²) in [5.41, 5.74) is 0. The number of carbonyl (C=O) groups is 1. The number of piperazine rings is 1. The lowest BCUT2D eigenvalue weighted by atomic mass is 10.2. The molecule has 0 aliphatic carbocycles. The van der Waals surface area contributed by atoms with Crippen LogP contribution < -0.4 is 10.1 Å². The van der Waals surface area contributed by atoms with Gasteiger partial charge in [0.25, 0.3) is 0 Å². The molecular weight excluding hydrogens is 342 g/mol. The van der Waals surface area contributed by atoms with Crippen LogP contribution in [0.15, 0.2) is 29.2 Å². The highest BCUT2D eigenvalue weighted by molar-refractivity contribution is 7.89. The maximum atomic E-state index is 12.7. The van der Waals surface area contributed by atoms with Crippen molar-refractivity contribution in [3.63, 3.8) is 0 Å². The second kappa shape index (κ2) is 8.16. The van der Waals surface area contributed by atoms with Gasteiger partial charge in [-0.1, -0.05) is 0 Å². The zero-order valence-corrected chi connectivity index (χ0v) is 16.0. The first kappa shape index (κ1) is 19.7. The average Bonchev–Trinajstić information content (AvgIpc) is 2.60. The molecule has 25 heavy (non-hydrogen) atoms. The molecule has 1 saturated heterocycles. The Morgan fingerprint density at radius 2 is 1.64 bits per heavy atom. The van der Waals surface area contributed by atoms with Gasteiger partial charge in [-0.15, -0.1) is 0 Å². The van der Waals surface area contributed by atoms with Crippen molar-refractivity contribution in [3.8, 4) is 5.75 Å². The highest BCUT2D eigenvalue weighted by Crippen LogP contribution is 2.21. The number of ether oxygens (including phenoxy) is 1. The van der Waals surface area contributed by atoms with Crippen molar-refractivity contribution in [3.05, 3.63) is 24.3 Å². The molecular formula is C17H27N3O4S. The predicted octanol–water partition coefficient (Wildman–Crippen LogP) is 0.915. The molecule has 1 fully saturated rings. The molecule has 1 aliphatic rings. The van der Waals surface area contributed by atoms with Crippen LogP contribution in [0.2, 0.25) is 0 Å². The van der Waals surface area contributed by atoms with Crippen LogP contribution in [0.3, 0.4) is 0 Å². The SMILES string of the molecule is COc1ccc(S(=O)(=O)N2CCN([C@@H](C)C(=O)NC(C)C)CC2)cc1. The molecule has 0 spiro atoms. The number of nitrogens with zero attached hydrogens (tertiary/aromatic N) is 2. The Labute approximate surface area is 150 Å². The Morgan fingerprint density at radius 3 is 2.12 bits per heavy atom. The lowest BCUT2D eigenvalue weighted by molar-refractivity contribution is -0.126. The predicted molar refractivity (Wildman–Crippen MR) is 96.1 cm³/mol. The van der Waals surface area contributed by atoms with Crippen LogP contribution in [0.1, 0.15) is 20.8 Å². The summed E-state index contributed by atoms with van der Waals surface area (Å²) in [5, 5.41) is 2.89. The average molecular weight is 369 g/mol. The van der Waals surface area contributed by atoms with E-state index < -0.39 is 10.0 Å². The summed E-state index contributed by atoms with van der Waals surface area (Å²) in [4.78, 5) is 14.4. The summed E-state index contributed by atoms with van der Waals surface area (Å²) in [5.74, 6) is 0.593. The Bertz CT molecular complexity index is 680. The van der Waals surface area contributed by atoms with Gasteiger partial charge in [0.15, 0.2) is 0 Å². The molecule has 1 N–H and O–H groups in total. The van der Waals surface area contributed by atoms with Gasteiger partial charge in [0.05, 0.1) is 18.0 Å². The molecule has 0 saturated carbocycles. The van der Waals surface area contributed by atoms with Crippen LogP contribution in [-0.2, 0) is 14.8 Å². The van der Waals surface area contributed by atoms with Crippen molar-refractivity contribution in [2.24, 2.45) is 0 Å². The number of hydrogen-bond donors (Lipinski definition) is 1. The normalized spacial score (nSPS) is 18.1. The first-order chi connectivity index (χ1) is 11.8. The topological polar surface area (TPSA) is 79.0 Å². The van der Waals surface area contributed by atoms with Crippen molar-refractivity contribution >= 4 is 15.9 Å². The van der Waals surface area contributed by atoms with Gasteiger partial charge in [-0.25, -0.2) is 8.42 Å². The maximum absolute atomic E-state index is 12.7. The summed E-state index contributed by atoms with van der Waals surface area (Å²) >= 11 is 0. The van der Waals surface area contributed by atoms with Crippen molar-refractivity contribution in [1.29, 1.82) is 0 Å². The standard InChI is InChI=1S/C17H27N3O4S/c1-13(2)18-17(21)14(3)19-9-11-20(12-10-19)25(22,23)16-7-5-15(24-4)6-8-16/h5-8,13-14H,9-12H2,1-4H3,(H,18,21)/t14-/m0/s1. The number of benzene rings is 1. The number of hydrogen-bond acceptors (Lipinski definition) is 5. The van der Waals surface area contributed by atoms with E-state index in [1.165, 1.54) is 4.31 Å². The quantitative estimate of drug-likeness (QED) is 0.807.